The van der Waals surface area contributed by atoms with Gasteiger partial charge in [-0.25, -0.2) is 4.98 Å². The van der Waals surface area contributed by atoms with Gasteiger partial charge in [-0.05, 0) is 37.3 Å². The molecule has 102 valence electrons. The summed E-state index contributed by atoms with van der Waals surface area (Å²) in [5.74, 6) is 1.12. The fourth-order valence-corrected chi connectivity index (χ4v) is 2.33. The molecule has 0 aliphatic rings. The van der Waals surface area contributed by atoms with Gasteiger partial charge in [-0.2, -0.15) is 0 Å². The van der Waals surface area contributed by atoms with Gasteiger partial charge in [0.25, 0.3) is 0 Å². The lowest BCUT2D eigenvalue weighted by molar-refractivity contribution is 0.554. The summed E-state index contributed by atoms with van der Waals surface area (Å²) in [5, 5.41) is 0. The minimum absolute atomic E-state index is 0.247. The van der Waals surface area contributed by atoms with Gasteiger partial charge in [0.05, 0.1) is 0 Å². The Labute approximate surface area is 115 Å². The van der Waals surface area contributed by atoms with E-state index in [2.05, 4.69) is 40.7 Å². The second-order valence-corrected chi connectivity index (χ2v) is 5.22. The predicted molar refractivity (Wildman–Crippen MR) is 79.0 cm³/mol. The molecule has 1 unspecified atom stereocenters. The Bertz CT molecular complexity index is 516. The van der Waals surface area contributed by atoms with E-state index >= 15 is 0 Å². The van der Waals surface area contributed by atoms with Crippen LogP contribution in [-0.2, 0) is 19.9 Å². The largest absolute Gasteiger partial charge is 0.338 e. The van der Waals surface area contributed by atoms with Crippen LogP contribution in [0.3, 0.4) is 0 Å². The van der Waals surface area contributed by atoms with Crippen molar-refractivity contribution in [3.63, 3.8) is 0 Å². The maximum Gasteiger partial charge on any atom is 0.108 e. The molecule has 1 aromatic heterocycles. The molecular formula is C16H23N3. The number of hydrogen-bond acceptors (Lipinski definition) is 2. The molecule has 1 atom stereocenters. The molecule has 1 aromatic carbocycles. The third-order valence-electron chi connectivity index (χ3n) is 3.71. The summed E-state index contributed by atoms with van der Waals surface area (Å²) in [5.41, 5.74) is 8.97. The van der Waals surface area contributed by atoms with Crippen LogP contribution in [0.2, 0.25) is 0 Å². The van der Waals surface area contributed by atoms with E-state index < -0.39 is 0 Å². The summed E-state index contributed by atoms with van der Waals surface area (Å²) in [6.45, 7) is 2.16. The lowest BCUT2D eigenvalue weighted by Gasteiger charge is -2.12. The summed E-state index contributed by atoms with van der Waals surface area (Å²) < 4.78 is 2.06. The Kier molecular flexibility index (Phi) is 4.74. The van der Waals surface area contributed by atoms with Crippen molar-refractivity contribution in [1.29, 1.82) is 0 Å². The molecule has 1 heterocycles. The van der Waals surface area contributed by atoms with E-state index in [-0.39, 0.29) is 6.04 Å². The van der Waals surface area contributed by atoms with Gasteiger partial charge in [-0.3, -0.25) is 0 Å². The highest BCUT2D eigenvalue weighted by Gasteiger charge is 2.07. The van der Waals surface area contributed by atoms with Crippen LogP contribution in [0, 0.1) is 6.92 Å². The summed E-state index contributed by atoms with van der Waals surface area (Å²) in [6, 6.07) is 8.79. The molecule has 19 heavy (non-hydrogen) atoms. The highest BCUT2D eigenvalue weighted by atomic mass is 15.0. The number of aryl methyl sites for hydroxylation is 4. The zero-order valence-electron chi connectivity index (χ0n) is 11.8. The highest BCUT2D eigenvalue weighted by molar-refractivity contribution is 5.25. The van der Waals surface area contributed by atoms with Gasteiger partial charge in [0.15, 0.2) is 0 Å². The van der Waals surface area contributed by atoms with Crippen LogP contribution in [0.4, 0.5) is 0 Å². The number of nitrogens with two attached hydrogens (primary N) is 1. The molecule has 0 saturated carbocycles. The van der Waals surface area contributed by atoms with Crippen LogP contribution < -0.4 is 5.73 Å². The molecule has 0 fully saturated rings. The number of nitrogens with zero attached hydrogens (tertiary/aromatic N) is 2. The van der Waals surface area contributed by atoms with Gasteiger partial charge < -0.3 is 10.3 Å². The topological polar surface area (TPSA) is 43.8 Å². The first kappa shape index (κ1) is 13.8. The number of rotatable bonds is 6. The van der Waals surface area contributed by atoms with Crippen molar-refractivity contribution < 1.29 is 0 Å². The average molecular weight is 257 g/mol. The van der Waals surface area contributed by atoms with Crippen molar-refractivity contribution in [2.24, 2.45) is 12.8 Å². The maximum absolute atomic E-state index is 6.20. The van der Waals surface area contributed by atoms with Gasteiger partial charge in [0.1, 0.15) is 5.82 Å². The number of benzene rings is 1. The smallest absolute Gasteiger partial charge is 0.108 e. The van der Waals surface area contributed by atoms with Crippen molar-refractivity contribution in [3.05, 3.63) is 53.6 Å². The molecule has 0 aliphatic heterocycles. The van der Waals surface area contributed by atoms with Gasteiger partial charge in [0, 0.05) is 31.9 Å². The van der Waals surface area contributed by atoms with Crippen molar-refractivity contribution in [1.82, 2.24) is 9.55 Å². The molecule has 2 rings (SSSR count). The molecule has 3 heteroatoms. The predicted octanol–water partition coefficient (Wildman–Crippen LogP) is 2.62. The molecular weight excluding hydrogens is 234 g/mol. The lowest BCUT2D eigenvalue weighted by Crippen LogP contribution is -2.22. The Hall–Kier alpha value is -1.61. The molecule has 0 bridgehead atoms. The minimum atomic E-state index is 0.247. The Morgan fingerprint density at radius 1 is 1.21 bits per heavy atom. The zero-order chi connectivity index (χ0) is 13.7. The lowest BCUT2D eigenvalue weighted by atomic mass is 9.99. The summed E-state index contributed by atoms with van der Waals surface area (Å²) in [6.07, 6.45) is 7.88. The van der Waals surface area contributed by atoms with Crippen LogP contribution in [0.15, 0.2) is 36.7 Å². The van der Waals surface area contributed by atoms with Gasteiger partial charge in [0.2, 0.25) is 0 Å². The Morgan fingerprint density at radius 3 is 2.63 bits per heavy atom. The molecule has 0 saturated heterocycles. The fourth-order valence-electron chi connectivity index (χ4n) is 2.33. The first-order chi connectivity index (χ1) is 9.16. The van der Waals surface area contributed by atoms with Crippen LogP contribution in [-0.4, -0.2) is 15.6 Å². The number of aromatic nitrogens is 2. The van der Waals surface area contributed by atoms with Crippen LogP contribution in [0.5, 0.6) is 0 Å². The van der Waals surface area contributed by atoms with Crippen molar-refractivity contribution in [2.75, 3.05) is 0 Å². The van der Waals surface area contributed by atoms with Crippen LogP contribution >= 0.6 is 0 Å². The second-order valence-electron chi connectivity index (χ2n) is 5.22. The van der Waals surface area contributed by atoms with Crippen LogP contribution in [0.1, 0.15) is 29.8 Å². The van der Waals surface area contributed by atoms with Gasteiger partial charge in [-0.1, -0.05) is 24.3 Å². The van der Waals surface area contributed by atoms with E-state index in [0.29, 0.717) is 0 Å². The first-order valence-corrected chi connectivity index (χ1v) is 6.93. The fraction of sp³-hybridized carbons (Fsp3) is 0.438. The SMILES string of the molecule is Cc1ccccc1CCC(N)CCc1nccn1C. The monoisotopic (exact) mass is 257 g/mol. The molecule has 2 aromatic rings. The molecule has 0 radical (unpaired) electrons. The van der Waals surface area contributed by atoms with E-state index in [1.807, 2.05) is 19.4 Å². The van der Waals surface area contributed by atoms with Crippen molar-refractivity contribution >= 4 is 0 Å². The molecule has 2 N–H and O–H groups in total. The minimum Gasteiger partial charge on any atom is -0.338 e. The summed E-state index contributed by atoms with van der Waals surface area (Å²) >= 11 is 0. The van der Waals surface area contributed by atoms with E-state index in [1.54, 1.807) is 0 Å². The maximum atomic E-state index is 6.20. The van der Waals surface area contributed by atoms with E-state index in [1.165, 1.54) is 11.1 Å². The molecule has 0 amide bonds. The third-order valence-corrected chi connectivity index (χ3v) is 3.71. The normalized spacial score (nSPS) is 12.6. The van der Waals surface area contributed by atoms with Gasteiger partial charge >= 0.3 is 0 Å². The third kappa shape index (κ3) is 3.93. The van der Waals surface area contributed by atoms with E-state index in [0.717, 1.165) is 31.5 Å². The number of hydrogen-bond donors (Lipinski definition) is 1. The molecule has 3 nitrogen and oxygen atoms in total. The molecule has 0 spiro atoms. The zero-order valence-corrected chi connectivity index (χ0v) is 11.8. The molecule has 0 aliphatic carbocycles. The Balaban J connectivity index is 1.77. The average Bonchev–Trinajstić information content (AvgIpc) is 2.81. The summed E-state index contributed by atoms with van der Waals surface area (Å²) in [7, 11) is 2.03. The van der Waals surface area contributed by atoms with E-state index in [9.17, 15) is 0 Å². The number of imidazole rings is 1. The second kappa shape index (κ2) is 6.53. The van der Waals surface area contributed by atoms with Gasteiger partial charge in [-0.15, -0.1) is 0 Å². The summed E-state index contributed by atoms with van der Waals surface area (Å²) in [4.78, 5) is 4.33. The van der Waals surface area contributed by atoms with Crippen molar-refractivity contribution in [2.45, 2.75) is 38.6 Å². The Morgan fingerprint density at radius 2 is 1.95 bits per heavy atom. The standard InChI is InChI=1S/C16H23N3/c1-13-5-3-4-6-14(13)7-8-15(17)9-10-16-18-11-12-19(16)2/h3-6,11-12,15H,7-10,17H2,1-2H3. The van der Waals surface area contributed by atoms with Crippen molar-refractivity contribution in [3.8, 4) is 0 Å². The quantitative estimate of drug-likeness (QED) is 0.864. The van der Waals surface area contributed by atoms with E-state index in [4.69, 9.17) is 5.73 Å². The van der Waals surface area contributed by atoms with Crippen LogP contribution in [0.25, 0.3) is 0 Å². The highest BCUT2D eigenvalue weighted by Crippen LogP contribution is 2.12. The first-order valence-electron chi connectivity index (χ1n) is 6.93.